The predicted octanol–water partition coefficient (Wildman–Crippen LogP) is 5.62. The lowest BCUT2D eigenvalue weighted by Gasteiger charge is -2.62. The van der Waals surface area contributed by atoms with Gasteiger partial charge in [0.05, 0.1) is 0 Å². The molecule has 4 nitrogen and oxygen atoms in total. The van der Waals surface area contributed by atoms with Crippen LogP contribution in [0.4, 0.5) is 4.39 Å². The van der Waals surface area contributed by atoms with Gasteiger partial charge in [0.15, 0.2) is 0 Å². The van der Waals surface area contributed by atoms with Gasteiger partial charge in [0.1, 0.15) is 24.3 Å². The fourth-order valence-corrected chi connectivity index (χ4v) is 5.33. The van der Waals surface area contributed by atoms with Gasteiger partial charge in [-0.2, -0.15) is 0 Å². The number of unbranched alkanes of at least 4 members (excludes halogenated alkanes) is 1. The Morgan fingerprint density at radius 3 is 2.68 bits per heavy atom. The lowest BCUT2D eigenvalue weighted by molar-refractivity contribution is -0.137. The third-order valence-electron chi connectivity index (χ3n) is 7.32. The Bertz CT molecular complexity index is 783. The molecule has 0 spiro atoms. The minimum atomic E-state index is -0.741. The van der Waals surface area contributed by atoms with E-state index in [-0.39, 0.29) is 18.8 Å². The predicted molar refractivity (Wildman–Crippen MR) is 119 cm³/mol. The number of hydrogen-bond acceptors (Lipinski definition) is 3. The second kappa shape index (κ2) is 10.4. The van der Waals surface area contributed by atoms with Gasteiger partial charge in [-0.3, -0.25) is 4.79 Å². The first-order chi connectivity index (χ1) is 14.8. The number of aliphatic hydroxyl groups excluding tert-OH is 1. The maximum atomic E-state index is 13.0. The van der Waals surface area contributed by atoms with E-state index in [1.807, 2.05) is 6.08 Å². The van der Waals surface area contributed by atoms with Crippen molar-refractivity contribution in [1.82, 2.24) is 0 Å². The second-order valence-electron chi connectivity index (χ2n) is 9.63. The summed E-state index contributed by atoms with van der Waals surface area (Å²) in [7, 11) is 0. The van der Waals surface area contributed by atoms with Gasteiger partial charge in [0.2, 0.25) is 0 Å². The average molecular weight is 431 g/mol. The minimum Gasteiger partial charge on any atom is -0.491 e. The van der Waals surface area contributed by atoms with Crippen LogP contribution in [-0.4, -0.2) is 28.9 Å². The molecule has 3 fully saturated rings. The number of aliphatic hydroxyl groups is 1. The molecule has 2 bridgehead atoms. The van der Waals surface area contributed by atoms with E-state index in [2.05, 4.69) is 32.1 Å². The molecule has 0 saturated heterocycles. The SMILES string of the molecule is CC1(C)C2C[C@H]1CC(/C=C/[C@@H](O)COc1ccc(F)cc1)[C@H]2C/C=C\CCCC(=O)O. The van der Waals surface area contributed by atoms with Gasteiger partial charge in [-0.1, -0.05) is 38.2 Å². The molecule has 2 N–H and O–H groups in total. The number of carbonyl (C=O) groups is 1. The zero-order chi connectivity index (χ0) is 22.4. The van der Waals surface area contributed by atoms with E-state index in [1.165, 1.54) is 18.6 Å². The number of hydrogen-bond donors (Lipinski definition) is 2. The molecule has 3 aliphatic carbocycles. The van der Waals surface area contributed by atoms with Crippen LogP contribution in [-0.2, 0) is 4.79 Å². The first-order valence-electron chi connectivity index (χ1n) is 11.4. The monoisotopic (exact) mass is 430 g/mol. The summed E-state index contributed by atoms with van der Waals surface area (Å²) in [5.74, 6) is 1.87. The van der Waals surface area contributed by atoms with Crippen molar-refractivity contribution in [2.45, 2.75) is 58.5 Å². The summed E-state index contributed by atoms with van der Waals surface area (Å²) in [6, 6.07) is 5.80. The molecule has 0 aromatic heterocycles. The van der Waals surface area contributed by atoms with Crippen molar-refractivity contribution in [2.24, 2.45) is 29.1 Å². The Balaban J connectivity index is 1.52. The molecular formula is C26H35FO4. The van der Waals surface area contributed by atoms with Crippen LogP contribution in [0, 0.1) is 34.9 Å². The minimum absolute atomic E-state index is 0.140. The van der Waals surface area contributed by atoms with Crippen LogP contribution < -0.4 is 4.74 Å². The van der Waals surface area contributed by atoms with E-state index in [1.54, 1.807) is 12.1 Å². The number of aliphatic carboxylic acids is 1. The number of allylic oxidation sites excluding steroid dienone is 3. The van der Waals surface area contributed by atoms with Gasteiger partial charge in [-0.05, 0) is 85.5 Å². The second-order valence-corrected chi connectivity index (χ2v) is 9.63. The molecule has 1 aromatic carbocycles. The van der Waals surface area contributed by atoms with Gasteiger partial charge in [-0.15, -0.1) is 0 Å². The molecular weight excluding hydrogens is 395 g/mol. The van der Waals surface area contributed by atoms with E-state index in [0.717, 1.165) is 25.2 Å². The normalized spacial score (nSPS) is 27.9. The fraction of sp³-hybridized carbons (Fsp3) is 0.577. The molecule has 0 aliphatic heterocycles. The Hall–Kier alpha value is -2.14. The molecule has 31 heavy (non-hydrogen) atoms. The van der Waals surface area contributed by atoms with Crippen molar-refractivity contribution < 1.29 is 24.1 Å². The van der Waals surface area contributed by atoms with Crippen molar-refractivity contribution in [3.8, 4) is 5.75 Å². The summed E-state index contributed by atoms with van der Waals surface area (Å²) in [5, 5.41) is 19.1. The lowest BCUT2D eigenvalue weighted by Crippen LogP contribution is -2.55. The number of ether oxygens (including phenoxy) is 1. The smallest absolute Gasteiger partial charge is 0.303 e. The molecule has 1 aromatic rings. The van der Waals surface area contributed by atoms with E-state index >= 15 is 0 Å². The van der Waals surface area contributed by atoms with Crippen LogP contribution in [0.25, 0.3) is 0 Å². The highest BCUT2D eigenvalue weighted by molar-refractivity contribution is 5.66. The van der Waals surface area contributed by atoms with E-state index < -0.39 is 12.1 Å². The van der Waals surface area contributed by atoms with Gasteiger partial charge in [0, 0.05) is 6.42 Å². The summed E-state index contributed by atoms with van der Waals surface area (Å²) in [4.78, 5) is 10.6. The van der Waals surface area contributed by atoms with Crippen molar-refractivity contribution in [3.63, 3.8) is 0 Å². The third kappa shape index (κ3) is 6.19. The van der Waals surface area contributed by atoms with E-state index in [9.17, 15) is 14.3 Å². The van der Waals surface area contributed by atoms with Crippen molar-refractivity contribution >= 4 is 5.97 Å². The number of benzene rings is 1. The first kappa shape index (κ1) is 23.5. The largest absolute Gasteiger partial charge is 0.491 e. The molecule has 0 radical (unpaired) electrons. The maximum absolute atomic E-state index is 13.0. The first-order valence-corrected chi connectivity index (χ1v) is 11.4. The number of halogens is 1. The fourth-order valence-electron chi connectivity index (χ4n) is 5.33. The molecule has 5 heteroatoms. The van der Waals surface area contributed by atoms with Crippen LogP contribution in [0.3, 0.4) is 0 Å². The molecule has 3 saturated carbocycles. The standard InChI is InChI=1S/C26H35FO4/c1-26(2)19-15-18(9-12-21(28)17-31-22-13-10-20(27)11-14-22)23(24(26)16-19)7-5-3-4-6-8-25(29)30/h3,5,9-14,18-19,21,23-24,28H,4,6-8,15-17H2,1-2H3,(H,29,30)/b5-3-,12-9+/t18?,19-,21-,23-,24?/m1/s1. The van der Waals surface area contributed by atoms with Crippen LogP contribution in [0.1, 0.15) is 52.4 Å². The highest BCUT2D eigenvalue weighted by atomic mass is 19.1. The Morgan fingerprint density at radius 1 is 1.26 bits per heavy atom. The number of carboxylic acid groups (broad SMARTS) is 1. The van der Waals surface area contributed by atoms with Gasteiger partial charge in [-0.25, -0.2) is 4.39 Å². The molecule has 0 heterocycles. The summed E-state index contributed by atoms with van der Waals surface area (Å²) in [6.45, 7) is 4.89. The highest BCUT2D eigenvalue weighted by Crippen LogP contribution is 2.64. The average Bonchev–Trinajstić information content (AvgIpc) is 2.74. The van der Waals surface area contributed by atoms with Crippen LogP contribution in [0.15, 0.2) is 48.6 Å². The van der Waals surface area contributed by atoms with Gasteiger partial charge < -0.3 is 14.9 Å². The molecule has 3 aliphatic rings. The lowest BCUT2D eigenvalue weighted by atomic mass is 9.43. The Morgan fingerprint density at radius 2 is 2.00 bits per heavy atom. The summed E-state index contributed by atoms with van der Waals surface area (Å²) in [5.41, 5.74) is 0.371. The quantitative estimate of drug-likeness (QED) is 0.353. The number of rotatable bonds is 11. The highest BCUT2D eigenvalue weighted by Gasteiger charge is 2.56. The van der Waals surface area contributed by atoms with E-state index in [0.29, 0.717) is 35.3 Å². The van der Waals surface area contributed by atoms with Crippen molar-refractivity contribution in [3.05, 3.63) is 54.4 Å². The molecule has 2 unspecified atom stereocenters. The Kier molecular flexibility index (Phi) is 7.93. The van der Waals surface area contributed by atoms with Crippen LogP contribution in [0.5, 0.6) is 5.75 Å². The summed E-state index contributed by atoms with van der Waals surface area (Å²) >= 11 is 0. The third-order valence-corrected chi connectivity index (χ3v) is 7.32. The zero-order valence-corrected chi connectivity index (χ0v) is 18.5. The summed E-state index contributed by atoms with van der Waals surface area (Å²) < 4.78 is 18.5. The molecule has 170 valence electrons. The molecule has 4 rings (SSSR count). The zero-order valence-electron chi connectivity index (χ0n) is 18.5. The Labute approximate surface area is 184 Å². The summed E-state index contributed by atoms with van der Waals surface area (Å²) in [6.07, 6.45) is 12.7. The van der Waals surface area contributed by atoms with Crippen LogP contribution in [0.2, 0.25) is 0 Å². The number of carboxylic acids is 1. The van der Waals surface area contributed by atoms with Crippen molar-refractivity contribution in [2.75, 3.05) is 6.61 Å². The molecule has 0 amide bonds. The topological polar surface area (TPSA) is 66.8 Å². The van der Waals surface area contributed by atoms with Crippen LogP contribution >= 0.6 is 0 Å². The van der Waals surface area contributed by atoms with Gasteiger partial charge >= 0.3 is 5.97 Å². The molecule has 5 atom stereocenters. The maximum Gasteiger partial charge on any atom is 0.303 e. The van der Waals surface area contributed by atoms with Gasteiger partial charge in [0.25, 0.3) is 0 Å². The van der Waals surface area contributed by atoms with Crippen molar-refractivity contribution in [1.29, 1.82) is 0 Å². The number of fused-ring (bicyclic) bond motifs is 2. The van der Waals surface area contributed by atoms with E-state index in [4.69, 9.17) is 9.84 Å².